The van der Waals surface area contributed by atoms with Gasteiger partial charge in [-0.2, -0.15) is 0 Å². The molecule has 2 saturated heterocycles. The second-order valence-corrected chi connectivity index (χ2v) is 10.2. The SMILES string of the molecule is O=C(CCN1CCC(c2nc3cc(Cl)ccc3s2)CC1)Nc1ccc(N2CCOCC2)cc1. The third-order valence-corrected chi connectivity index (χ3v) is 7.92. The van der Waals surface area contributed by atoms with E-state index in [0.717, 1.165) is 75.0 Å². The molecule has 0 unspecified atom stereocenters. The molecule has 5 rings (SSSR count). The highest BCUT2D eigenvalue weighted by molar-refractivity contribution is 7.18. The number of ether oxygens (including phenoxy) is 1. The Hall–Kier alpha value is -2.19. The topological polar surface area (TPSA) is 57.7 Å². The summed E-state index contributed by atoms with van der Waals surface area (Å²) in [5.74, 6) is 0.565. The highest BCUT2D eigenvalue weighted by Gasteiger charge is 2.23. The molecule has 2 aliphatic heterocycles. The average Bonchev–Trinajstić information content (AvgIpc) is 3.27. The first-order valence-corrected chi connectivity index (χ1v) is 12.8. The van der Waals surface area contributed by atoms with Gasteiger partial charge >= 0.3 is 0 Å². The number of thiazole rings is 1. The number of amides is 1. The molecule has 2 aromatic carbocycles. The van der Waals surface area contributed by atoms with Crippen LogP contribution in [0, 0.1) is 0 Å². The highest BCUT2D eigenvalue weighted by atomic mass is 35.5. The molecule has 3 heterocycles. The van der Waals surface area contributed by atoms with Gasteiger partial charge in [0.05, 0.1) is 28.4 Å². The maximum atomic E-state index is 12.5. The lowest BCUT2D eigenvalue weighted by atomic mass is 9.97. The summed E-state index contributed by atoms with van der Waals surface area (Å²) < 4.78 is 6.61. The Labute approximate surface area is 203 Å². The number of hydrogen-bond acceptors (Lipinski definition) is 6. The fraction of sp³-hybridized carbons (Fsp3) is 0.440. The summed E-state index contributed by atoms with van der Waals surface area (Å²) in [6.07, 6.45) is 2.67. The van der Waals surface area contributed by atoms with Crippen molar-refractivity contribution in [3.63, 3.8) is 0 Å². The lowest BCUT2D eigenvalue weighted by molar-refractivity contribution is -0.116. The van der Waals surface area contributed by atoms with Gasteiger partial charge in [-0.1, -0.05) is 11.6 Å². The first-order chi connectivity index (χ1) is 16.1. The number of anilines is 2. The predicted octanol–water partition coefficient (Wildman–Crippen LogP) is 4.99. The molecule has 2 aliphatic rings. The number of hydrogen-bond donors (Lipinski definition) is 1. The fourth-order valence-electron chi connectivity index (χ4n) is 4.56. The number of halogens is 1. The Morgan fingerprint density at radius 1 is 1.09 bits per heavy atom. The number of carbonyl (C=O) groups is 1. The zero-order valence-corrected chi connectivity index (χ0v) is 20.2. The van der Waals surface area contributed by atoms with E-state index >= 15 is 0 Å². The van der Waals surface area contributed by atoms with E-state index in [1.165, 1.54) is 15.4 Å². The molecule has 1 aromatic heterocycles. The zero-order valence-electron chi connectivity index (χ0n) is 18.6. The molecule has 1 N–H and O–H groups in total. The molecule has 0 aliphatic carbocycles. The quantitative estimate of drug-likeness (QED) is 0.534. The van der Waals surface area contributed by atoms with Gasteiger partial charge in [-0.05, 0) is 68.4 Å². The molecular formula is C25H29ClN4O2S. The van der Waals surface area contributed by atoms with Crippen LogP contribution < -0.4 is 10.2 Å². The number of nitrogens with zero attached hydrogens (tertiary/aromatic N) is 3. The zero-order chi connectivity index (χ0) is 22.6. The largest absolute Gasteiger partial charge is 0.378 e. The molecule has 0 bridgehead atoms. The number of likely N-dealkylation sites (tertiary alicyclic amines) is 1. The monoisotopic (exact) mass is 484 g/mol. The Kier molecular flexibility index (Phi) is 7.11. The van der Waals surface area contributed by atoms with Crippen molar-refractivity contribution in [2.45, 2.75) is 25.2 Å². The van der Waals surface area contributed by atoms with E-state index in [1.54, 1.807) is 11.3 Å². The van der Waals surface area contributed by atoms with E-state index in [-0.39, 0.29) is 5.91 Å². The second kappa shape index (κ2) is 10.4. The van der Waals surface area contributed by atoms with Gasteiger partial charge in [0.15, 0.2) is 0 Å². The second-order valence-electron chi connectivity index (χ2n) is 8.72. The number of benzene rings is 2. The standard InChI is InChI=1S/C25H29ClN4O2S/c26-19-1-6-23-22(17-19)28-25(33-23)18-7-10-29(11-8-18)12-9-24(31)27-20-2-4-21(5-3-20)30-13-15-32-16-14-30/h1-6,17-18H,7-16H2,(H,27,31). The van der Waals surface area contributed by atoms with Crippen molar-refractivity contribution < 1.29 is 9.53 Å². The third kappa shape index (κ3) is 5.66. The van der Waals surface area contributed by atoms with Crippen LogP contribution in [-0.4, -0.2) is 61.7 Å². The highest BCUT2D eigenvalue weighted by Crippen LogP contribution is 2.34. The van der Waals surface area contributed by atoms with Crippen LogP contribution in [0.2, 0.25) is 5.02 Å². The Morgan fingerprint density at radius 3 is 2.61 bits per heavy atom. The molecule has 0 radical (unpaired) electrons. The molecule has 0 saturated carbocycles. The minimum absolute atomic E-state index is 0.0688. The maximum absolute atomic E-state index is 12.5. The fourth-order valence-corrected chi connectivity index (χ4v) is 5.84. The van der Waals surface area contributed by atoms with Crippen molar-refractivity contribution in [2.24, 2.45) is 0 Å². The number of carbonyl (C=O) groups excluding carboxylic acids is 1. The van der Waals surface area contributed by atoms with Crippen LogP contribution in [0.5, 0.6) is 0 Å². The number of nitrogens with one attached hydrogen (secondary N) is 1. The van der Waals surface area contributed by atoms with Crippen LogP contribution >= 0.6 is 22.9 Å². The number of piperidine rings is 1. The Morgan fingerprint density at radius 2 is 1.85 bits per heavy atom. The minimum atomic E-state index is 0.0688. The number of fused-ring (bicyclic) bond motifs is 1. The van der Waals surface area contributed by atoms with Crippen molar-refractivity contribution >= 4 is 50.4 Å². The summed E-state index contributed by atoms with van der Waals surface area (Å²) in [6, 6.07) is 14.0. The third-order valence-electron chi connectivity index (χ3n) is 6.49. The van der Waals surface area contributed by atoms with Gasteiger partial charge in [-0.15, -0.1) is 11.3 Å². The predicted molar refractivity (Wildman–Crippen MR) is 136 cm³/mol. The average molecular weight is 485 g/mol. The van der Waals surface area contributed by atoms with Crippen LogP contribution in [0.3, 0.4) is 0 Å². The summed E-state index contributed by atoms with van der Waals surface area (Å²) in [5, 5.41) is 4.99. The van der Waals surface area contributed by atoms with Crippen LogP contribution in [0.15, 0.2) is 42.5 Å². The molecule has 8 heteroatoms. The summed E-state index contributed by atoms with van der Waals surface area (Å²) >= 11 is 7.88. The molecule has 0 spiro atoms. The van der Waals surface area contributed by atoms with E-state index < -0.39 is 0 Å². The first kappa shape index (κ1) is 22.6. The molecule has 3 aromatic rings. The maximum Gasteiger partial charge on any atom is 0.225 e. The van der Waals surface area contributed by atoms with E-state index in [4.69, 9.17) is 21.3 Å². The van der Waals surface area contributed by atoms with Gasteiger partial charge in [0.25, 0.3) is 0 Å². The van der Waals surface area contributed by atoms with Crippen LogP contribution in [0.1, 0.15) is 30.2 Å². The lowest BCUT2D eigenvalue weighted by Gasteiger charge is -2.30. The van der Waals surface area contributed by atoms with Crippen LogP contribution in [0.4, 0.5) is 11.4 Å². The summed E-state index contributed by atoms with van der Waals surface area (Å²) in [6.45, 7) is 6.16. The van der Waals surface area contributed by atoms with Crippen molar-refractivity contribution in [3.05, 3.63) is 52.5 Å². The number of morpholine rings is 1. The minimum Gasteiger partial charge on any atom is -0.378 e. The van der Waals surface area contributed by atoms with E-state index in [2.05, 4.69) is 33.3 Å². The summed E-state index contributed by atoms with van der Waals surface area (Å²) in [7, 11) is 0. The lowest BCUT2D eigenvalue weighted by Crippen LogP contribution is -2.36. The smallest absolute Gasteiger partial charge is 0.225 e. The summed E-state index contributed by atoms with van der Waals surface area (Å²) in [5.41, 5.74) is 3.03. The van der Waals surface area contributed by atoms with Gasteiger partial charge in [0.1, 0.15) is 0 Å². The molecule has 33 heavy (non-hydrogen) atoms. The molecule has 0 atom stereocenters. The van der Waals surface area contributed by atoms with Crippen molar-refractivity contribution in [1.29, 1.82) is 0 Å². The van der Waals surface area contributed by atoms with Gasteiger partial charge in [-0.25, -0.2) is 4.98 Å². The van der Waals surface area contributed by atoms with Crippen molar-refractivity contribution in [3.8, 4) is 0 Å². The van der Waals surface area contributed by atoms with Crippen LogP contribution in [0.25, 0.3) is 10.2 Å². The van der Waals surface area contributed by atoms with Gasteiger partial charge in [0.2, 0.25) is 5.91 Å². The van der Waals surface area contributed by atoms with Crippen LogP contribution in [-0.2, 0) is 9.53 Å². The molecule has 1 amide bonds. The number of rotatable bonds is 6. The van der Waals surface area contributed by atoms with E-state index in [1.807, 2.05) is 24.3 Å². The van der Waals surface area contributed by atoms with E-state index in [0.29, 0.717) is 12.3 Å². The Balaban J connectivity index is 1.06. The van der Waals surface area contributed by atoms with Crippen molar-refractivity contribution in [1.82, 2.24) is 9.88 Å². The summed E-state index contributed by atoms with van der Waals surface area (Å²) in [4.78, 5) is 22.0. The normalized spacial score (nSPS) is 18.0. The number of aromatic nitrogens is 1. The molecule has 2 fully saturated rings. The Bertz CT molecular complexity index is 1090. The van der Waals surface area contributed by atoms with Crippen molar-refractivity contribution in [2.75, 3.05) is 56.2 Å². The first-order valence-electron chi connectivity index (χ1n) is 11.6. The van der Waals surface area contributed by atoms with Gasteiger partial charge in [-0.3, -0.25) is 4.79 Å². The van der Waals surface area contributed by atoms with Gasteiger partial charge in [0, 0.05) is 48.4 Å². The molecule has 6 nitrogen and oxygen atoms in total. The molecular weight excluding hydrogens is 456 g/mol. The van der Waals surface area contributed by atoms with Gasteiger partial charge < -0.3 is 19.9 Å². The molecule has 174 valence electrons. The van der Waals surface area contributed by atoms with E-state index in [9.17, 15) is 4.79 Å².